The topological polar surface area (TPSA) is 0 Å². The molecule has 0 nitrogen and oxygen atoms in total. The van der Waals surface area contributed by atoms with Crippen LogP contribution in [0, 0.1) is 5.82 Å². The number of rotatable bonds is 1. The van der Waals surface area contributed by atoms with E-state index in [0.717, 1.165) is 0 Å². The molecule has 0 spiro atoms. The van der Waals surface area contributed by atoms with Gasteiger partial charge in [-0.1, -0.05) is 12.1 Å². The number of benzene rings is 1. The van der Waals surface area contributed by atoms with Crippen LogP contribution in [0.4, 0.5) is 8.78 Å². The van der Waals surface area contributed by atoms with Crippen LogP contribution >= 0.6 is 0 Å². The molecule has 1 atom stereocenters. The maximum Gasteiger partial charge on any atom is 0.123 e. The van der Waals surface area contributed by atoms with Crippen molar-refractivity contribution in [3.63, 3.8) is 0 Å². The standard InChI is InChI=1S/C8H8F2/c1-6(9)7-3-2-4-8(10)5-7/h2-6H,1H3/t6-/m0/s1. The molecule has 0 bridgehead atoms. The van der Waals surface area contributed by atoms with E-state index in [1.54, 1.807) is 6.07 Å². The van der Waals surface area contributed by atoms with Gasteiger partial charge in [-0.3, -0.25) is 0 Å². The predicted molar refractivity (Wildman–Crippen MR) is 35.9 cm³/mol. The van der Waals surface area contributed by atoms with Gasteiger partial charge in [0.15, 0.2) is 0 Å². The number of hydrogen-bond donors (Lipinski definition) is 0. The summed E-state index contributed by atoms with van der Waals surface area (Å²) in [6, 6.07) is 5.56. The van der Waals surface area contributed by atoms with Gasteiger partial charge in [-0.05, 0) is 24.6 Å². The van der Waals surface area contributed by atoms with Crippen molar-refractivity contribution in [2.24, 2.45) is 0 Å². The number of alkyl halides is 1. The van der Waals surface area contributed by atoms with E-state index in [2.05, 4.69) is 0 Å². The molecular formula is C8H8F2. The molecule has 0 amide bonds. The van der Waals surface area contributed by atoms with Crippen LogP contribution in [-0.2, 0) is 0 Å². The lowest BCUT2D eigenvalue weighted by Crippen LogP contribution is -1.85. The molecule has 0 unspecified atom stereocenters. The summed E-state index contributed by atoms with van der Waals surface area (Å²) in [6.45, 7) is 1.38. The van der Waals surface area contributed by atoms with E-state index >= 15 is 0 Å². The van der Waals surface area contributed by atoms with Gasteiger partial charge in [0.25, 0.3) is 0 Å². The summed E-state index contributed by atoms with van der Waals surface area (Å²) in [4.78, 5) is 0. The third kappa shape index (κ3) is 1.53. The summed E-state index contributed by atoms with van der Waals surface area (Å²) in [5, 5.41) is 0. The van der Waals surface area contributed by atoms with Gasteiger partial charge in [-0.15, -0.1) is 0 Å². The molecule has 0 N–H and O–H groups in total. The van der Waals surface area contributed by atoms with Gasteiger partial charge in [0.05, 0.1) is 0 Å². The van der Waals surface area contributed by atoms with Crippen molar-refractivity contribution in [2.45, 2.75) is 13.1 Å². The van der Waals surface area contributed by atoms with Gasteiger partial charge in [0.1, 0.15) is 12.0 Å². The molecule has 10 heavy (non-hydrogen) atoms. The minimum Gasteiger partial charge on any atom is -0.243 e. The Morgan fingerprint density at radius 2 is 2.10 bits per heavy atom. The first-order chi connectivity index (χ1) is 4.70. The highest BCUT2D eigenvalue weighted by Gasteiger charge is 2.01. The Labute approximate surface area is 58.5 Å². The largest absolute Gasteiger partial charge is 0.243 e. The van der Waals surface area contributed by atoms with Crippen molar-refractivity contribution in [1.29, 1.82) is 0 Å². The number of hydrogen-bond acceptors (Lipinski definition) is 0. The van der Waals surface area contributed by atoms with Crippen LogP contribution in [0.2, 0.25) is 0 Å². The quantitative estimate of drug-likeness (QED) is 0.565. The molecule has 0 heterocycles. The zero-order valence-corrected chi connectivity index (χ0v) is 5.64. The summed E-state index contributed by atoms with van der Waals surface area (Å²) < 4.78 is 24.8. The van der Waals surface area contributed by atoms with Crippen molar-refractivity contribution >= 4 is 0 Å². The molecule has 1 aromatic rings. The molecule has 0 saturated heterocycles. The average molecular weight is 142 g/mol. The third-order valence-corrected chi connectivity index (χ3v) is 1.31. The van der Waals surface area contributed by atoms with E-state index in [1.165, 1.54) is 25.1 Å². The monoisotopic (exact) mass is 142 g/mol. The molecule has 1 rings (SSSR count). The Bertz CT molecular complexity index is 218. The molecule has 0 aliphatic heterocycles. The SMILES string of the molecule is C[C@H](F)c1cccc(F)c1. The third-order valence-electron chi connectivity index (χ3n) is 1.31. The molecule has 0 aliphatic carbocycles. The smallest absolute Gasteiger partial charge is 0.123 e. The van der Waals surface area contributed by atoms with Crippen LogP contribution in [0.3, 0.4) is 0 Å². The summed E-state index contributed by atoms with van der Waals surface area (Å²) in [5.74, 6) is -0.387. The van der Waals surface area contributed by atoms with Gasteiger partial charge in [-0.2, -0.15) is 0 Å². The van der Waals surface area contributed by atoms with Gasteiger partial charge in [0.2, 0.25) is 0 Å². The summed E-state index contributed by atoms with van der Waals surface area (Å²) >= 11 is 0. The van der Waals surface area contributed by atoms with Crippen molar-refractivity contribution < 1.29 is 8.78 Å². The second-order valence-corrected chi connectivity index (χ2v) is 2.17. The zero-order valence-electron chi connectivity index (χ0n) is 5.64. The molecule has 0 radical (unpaired) electrons. The Morgan fingerprint density at radius 3 is 2.50 bits per heavy atom. The highest BCUT2D eigenvalue weighted by atomic mass is 19.1. The van der Waals surface area contributed by atoms with Crippen molar-refractivity contribution in [3.05, 3.63) is 35.6 Å². The van der Waals surface area contributed by atoms with Crippen LogP contribution in [0.25, 0.3) is 0 Å². The summed E-state index contributed by atoms with van der Waals surface area (Å²) in [7, 11) is 0. The Kier molecular flexibility index (Phi) is 2.00. The Balaban J connectivity index is 2.96. The minimum atomic E-state index is -1.09. The summed E-state index contributed by atoms with van der Waals surface area (Å²) in [6.07, 6.45) is -1.09. The molecule has 1 aromatic carbocycles. The normalized spacial score (nSPS) is 13.1. The van der Waals surface area contributed by atoms with Crippen LogP contribution in [-0.4, -0.2) is 0 Å². The van der Waals surface area contributed by atoms with E-state index in [4.69, 9.17) is 0 Å². The zero-order chi connectivity index (χ0) is 7.56. The molecule has 0 saturated carbocycles. The van der Waals surface area contributed by atoms with Crippen molar-refractivity contribution in [1.82, 2.24) is 0 Å². The second kappa shape index (κ2) is 2.78. The van der Waals surface area contributed by atoms with Crippen molar-refractivity contribution in [2.75, 3.05) is 0 Å². The molecule has 54 valence electrons. The molecular weight excluding hydrogens is 134 g/mol. The highest BCUT2D eigenvalue weighted by Crippen LogP contribution is 2.16. The fraction of sp³-hybridized carbons (Fsp3) is 0.250. The van der Waals surface area contributed by atoms with Crippen LogP contribution in [0.15, 0.2) is 24.3 Å². The van der Waals surface area contributed by atoms with Crippen molar-refractivity contribution in [3.8, 4) is 0 Å². The summed E-state index contributed by atoms with van der Waals surface area (Å²) in [5.41, 5.74) is 0.389. The maximum atomic E-state index is 12.4. The first-order valence-corrected chi connectivity index (χ1v) is 3.09. The maximum absolute atomic E-state index is 12.4. The Morgan fingerprint density at radius 1 is 1.40 bits per heavy atom. The molecule has 2 heteroatoms. The first kappa shape index (κ1) is 7.19. The number of halogens is 2. The predicted octanol–water partition coefficient (Wildman–Crippen LogP) is 2.86. The highest BCUT2D eigenvalue weighted by molar-refractivity contribution is 5.17. The minimum absolute atomic E-state index is 0.387. The second-order valence-electron chi connectivity index (χ2n) is 2.17. The van der Waals surface area contributed by atoms with Crippen LogP contribution in [0.1, 0.15) is 18.7 Å². The Hall–Kier alpha value is -0.920. The lowest BCUT2D eigenvalue weighted by molar-refractivity contribution is 0.373. The molecule has 0 aromatic heterocycles. The fourth-order valence-corrected chi connectivity index (χ4v) is 0.754. The van der Waals surface area contributed by atoms with E-state index in [-0.39, 0.29) is 5.82 Å². The van der Waals surface area contributed by atoms with Gasteiger partial charge < -0.3 is 0 Å². The lowest BCUT2D eigenvalue weighted by Gasteiger charge is -1.99. The average Bonchev–Trinajstić information content (AvgIpc) is 1.88. The van der Waals surface area contributed by atoms with E-state index in [1.807, 2.05) is 0 Å². The van der Waals surface area contributed by atoms with Gasteiger partial charge >= 0.3 is 0 Å². The lowest BCUT2D eigenvalue weighted by atomic mass is 10.1. The molecule has 0 aliphatic rings. The van der Waals surface area contributed by atoms with Gasteiger partial charge in [-0.25, -0.2) is 8.78 Å². The van der Waals surface area contributed by atoms with E-state index in [0.29, 0.717) is 5.56 Å². The first-order valence-electron chi connectivity index (χ1n) is 3.09. The van der Waals surface area contributed by atoms with E-state index in [9.17, 15) is 8.78 Å². The van der Waals surface area contributed by atoms with Crippen LogP contribution < -0.4 is 0 Å². The fourth-order valence-electron chi connectivity index (χ4n) is 0.754. The van der Waals surface area contributed by atoms with E-state index < -0.39 is 6.17 Å². The van der Waals surface area contributed by atoms with Crippen LogP contribution in [0.5, 0.6) is 0 Å². The molecule has 0 fully saturated rings. The van der Waals surface area contributed by atoms with Gasteiger partial charge in [0, 0.05) is 0 Å².